The second-order valence-electron chi connectivity index (χ2n) is 4.34. The molecule has 6 heteroatoms. The second-order valence-corrected chi connectivity index (χ2v) is 4.34. The van der Waals surface area contributed by atoms with Crippen LogP contribution < -0.4 is 0 Å². The predicted molar refractivity (Wildman–Crippen MR) is 66.8 cm³/mol. The third kappa shape index (κ3) is 1.56. The third-order valence-corrected chi connectivity index (χ3v) is 3.13. The Morgan fingerprint density at radius 3 is 3.21 bits per heavy atom. The van der Waals surface area contributed by atoms with Crippen molar-refractivity contribution < 1.29 is 8.81 Å². The van der Waals surface area contributed by atoms with Gasteiger partial charge in [0.05, 0.1) is 6.33 Å². The minimum Gasteiger partial charge on any atom is -0.435 e. The molecule has 4 rings (SSSR count). The number of halogens is 1. The standard InChI is InChI=1S/C13H9FN4O/c14-7-1-2-10-9(5-7)18-13(19-10)12-11-8(3-4-15-12)16-6-17-11/h1-2,5-6H,3-4H2,(H,16,17). The molecule has 1 aliphatic rings. The van der Waals surface area contributed by atoms with E-state index in [0.29, 0.717) is 29.2 Å². The van der Waals surface area contributed by atoms with Gasteiger partial charge in [0.1, 0.15) is 22.7 Å². The third-order valence-electron chi connectivity index (χ3n) is 3.13. The molecule has 0 fully saturated rings. The molecule has 0 aliphatic carbocycles. The maximum Gasteiger partial charge on any atom is 0.248 e. The molecule has 0 amide bonds. The van der Waals surface area contributed by atoms with E-state index in [4.69, 9.17) is 4.42 Å². The largest absolute Gasteiger partial charge is 0.435 e. The molecular weight excluding hydrogens is 247 g/mol. The van der Waals surface area contributed by atoms with Crippen LogP contribution in [0.3, 0.4) is 0 Å². The molecule has 0 bridgehead atoms. The molecule has 0 spiro atoms. The number of oxazole rings is 1. The van der Waals surface area contributed by atoms with Crippen molar-refractivity contribution in [2.45, 2.75) is 6.42 Å². The monoisotopic (exact) mass is 256 g/mol. The molecule has 2 aromatic heterocycles. The maximum atomic E-state index is 13.1. The molecular formula is C13H9FN4O. The average molecular weight is 256 g/mol. The summed E-state index contributed by atoms with van der Waals surface area (Å²) in [7, 11) is 0. The maximum absolute atomic E-state index is 13.1. The van der Waals surface area contributed by atoms with Crippen molar-refractivity contribution in [3.05, 3.63) is 47.6 Å². The fourth-order valence-electron chi connectivity index (χ4n) is 2.24. The Kier molecular flexibility index (Phi) is 2.05. The van der Waals surface area contributed by atoms with Crippen molar-refractivity contribution in [1.82, 2.24) is 15.0 Å². The molecule has 0 unspecified atom stereocenters. The number of H-pyrrole nitrogens is 1. The van der Waals surface area contributed by atoms with Gasteiger partial charge in [0.15, 0.2) is 5.58 Å². The first-order valence-electron chi connectivity index (χ1n) is 5.95. The Bertz CT molecular complexity index is 802. The fourth-order valence-corrected chi connectivity index (χ4v) is 2.24. The predicted octanol–water partition coefficient (Wildman–Crippen LogP) is 2.08. The quantitative estimate of drug-likeness (QED) is 0.724. The lowest BCUT2D eigenvalue weighted by atomic mass is 10.1. The smallest absolute Gasteiger partial charge is 0.248 e. The number of aliphatic imine (C=N–C) groups is 1. The highest BCUT2D eigenvalue weighted by atomic mass is 19.1. The lowest BCUT2D eigenvalue weighted by molar-refractivity contribution is 0.587. The average Bonchev–Trinajstić information content (AvgIpc) is 3.03. The molecule has 0 radical (unpaired) electrons. The van der Waals surface area contributed by atoms with Gasteiger partial charge in [-0.2, -0.15) is 0 Å². The van der Waals surface area contributed by atoms with Gasteiger partial charge in [-0.05, 0) is 12.1 Å². The normalized spacial score (nSPS) is 14.5. The summed E-state index contributed by atoms with van der Waals surface area (Å²) in [4.78, 5) is 16.0. The van der Waals surface area contributed by atoms with Crippen molar-refractivity contribution in [1.29, 1.82) is 0 Å². The molecule has 3 heterocycles. The number of nitrogens with zero attached hydrogens (tertiary/aromatic N) is 3. The van der Waals surface area contributed by atoms with Crippen LogP contribution in [-0.4, -0.2) is 27.2 Å². The summed E-state index contributed by atoms with van der Waals surface area (Å²) in [6, 6.07) is 4.26. The zero-order valence-corrected chi connectivity index (χ0v) is 9.85. The van der Waals surface area contributed by atoms with Crippen molar-refractivity contribution in [3.8, 4) is 0 Å². The molecule has 0 saturated heterocycles. The van der Waals surface area contributed by atoms with Crippen molar-refractivity contribution in [2.24, 2.45) is 4.99 Å². The van der Waals surface area contributed by atoms with Crippen LogP contribution in [0.25, 0.3) is 11.1 Å². The Hall–Kier alpha value is -2.50. The van der Waals surface area contributed by atoms with E-state index < -0.39 is 0 Å². The molecule has 1 aliphatic heterocycles. The lowest BCUT2D eigenvalue weighted by Gasteiger charge is -2.08. The van der Waals surface area contributed by atoms with Gasteiger partial charge < -0.3 is 9.40 Å². The Morgan fingerprint density at radius 2 is 2.26 bits per heavy atom. The van der Waals surface area contributed by atoms with E-state index in [1.54, 1.807) is 12.4 Å². The van der Waals surface area contributed by atoms with E-state index in [9.17, 15) is 4.39 Å². The number of fused-ring (bicyclic) bond motifs is 2. The van der Waals surface area contributed by atoms with Crippen LogP contribution in [0.5, 0.6) is 0 Å². The summed E-state index contributed by atoms with van der Waals surface area (Å²) in [6.07, 6.45) is 2.46. The number of aromatic amines is 1. The highest BCUT2D eigenvalue weighted by molar-refractivity contribution is 6.10. The summed E-state index contributed by atoms with van der Waals surface area (Å²) in [5.41, 5.74) is 3.44. The molecule has 5 nitrogen and oxygen atoms in total. The van der Waals surface area contributed by atoms with Gasteiger partial charge in [-0.1, -0.05) is 0 Å². The van der Waals surface area contributed by atoms with Gasteiger partial charge in [-0.3, -0.25) is 4.99 Å². The van der Waals surface area contributed by atoms with Crippen LogP contribution in [0.15, 0.2) is 33.9 Å². The zero-order valence-electron chi connectivity index (χ0n) is 9.85. The summed E-state index contributed by atoms with van der Waals surface area (Å²) in [6.45, 7) is 0.664. The fraction of sp³-hybridized carbons (Fsp3) is 0.154. The van der Waals surface area contributed by atoms with E-state index in [2.05, 4.69) is 19.9 Å². The van der Waals surface area contributed by atoms with Gasteiger partial charge >= 0.3 is 0 Å². The number of nitrogens with one attached hydrogen (secondary N) is 1. The van der Waals surface area contributed by atoms with Crippen molar-refractivity contribution in [2.75, 3.05) is 6.54 Å². The van der Waals surface area contributed by atoms with Crippen LogP contribution in [0, 0.1) is 5.82 Å². The first-order valence-corrected chi connectivity index (χ1v) is 5.95. The van der Waals surface area contributed by atoms with Gasteiger partial charge in [0, 0.05) is 24.7 Å². The van der Waals surface area contributed by atoms with Gasteiger partial charge in [0.25, 0.3) is 0 Å². The number of rotatable bonds is 1. The van der Waals surface area contributed by atoms with E-state index in [-0.39, 0.29) is 5.82 Å². The first kappa shape index (κ1) is 10.4. The molecule has 0 atom stereocenters. The minimum absolute atomic E-state index is 0.335. The highest BCUT2D eigenvalue weighted by Gasteiger charge is 2.22. The Labute approximate surface area is 107 Å². The summed E-state index contributed by atoms with van der Waals surface area (Å²) < 4.78 is 18.8. The molecule has 94 valence electrons. The summed E-state index contributed by atoms with van der Waals surface area (Å²) in [5.74, 6) is 0.0482. The number of benzene rings is 1. The number of hydrogen-bond acceptors (Lipinski definition) is 4. The topological polar surface area (TPSA) is 67.1 Å². The molecule has 3 aromatic rings. The van der Waals surface area contributed by atoms with Gasteiger partial charge in [-0.15, -0.1) is 0 Å². The number of hydrogen-bond donors (Lipinski definition) is 1. The number of aromatic nitrogens is 3. The molecule has 1 aromatic carbocycles. The Balaban J connectivity index is 1.89. The number of imidazole rings is 1. The summed E-state index contributed by atoms with van der Waals surface area (Å²) >= 11 is 0. The van der Waals surface area contributed by atoms with Crippen LogP contribution >= 0.6 is 0 Å². The van der Waals surface area contributed by atoms with E-state index in [0.717, 1.165) is 17.8 Å². The van der Waals surface area contributed by atoms with Crippen molar-refractivity contribution >= 4 is 16.8 Å². The Morgan fingerprint density at radius 1 is 1.32 bits per heavy atom. The highest BCUT2D eigenvalue weighted by Crippen LogP contribution is 2.21. The molecule has 1 N–H and O–H groups in total. The SMILES string of the molecule is Fc1ccc2oc(C3=NCCc4[nH]cnc43)nc2c1. The molecule has 19 heavy (non-hydrogen) atoms. The van der Waals surface area contributed by atoms with Crippen LogP contribution in [0.4, 0.5) is 4.39 Å². The lowest BCUT2D eigenvalue weighted by Crippen LogP contribution is -2.14. The van der Waals surface area contributed by atoms with E-state index >= 15 is 0 Å². The summed E-state index contributed by atoms with van der Waals surface area (Å²) in [5, 5.41) is 0. The first-order chi connectivity index (χ1) is 9.31. The van der Waals surface area contributed by atoms with Crippen molar-refractivity contribution in [3.63, 3.8) is 0 Å². The molecule has 0 saturated carbocycles. The van der Waals surface area contributed by atoms with Crippen LogP contribution in [0.1, 0.15) is 17.3 Å². The second kappa shape index (κ2) is 3.74. The van der Waals surface area contributed by atoms with Crippen LogP contribution in [0.2, 0.25) is 0 Å². The van der Waals surface area contributed by atoms with Gasteiger partial charge in [-0.25, -0.2) is 14.4 Å². The zero-order chi connectivity index (χ0) is 12.8. The minimum atomic E-state index is -0.335. The van der Waals surface area contributed by atoms with Gasteiger partial charge in [0.2, 0.25) is 5.89 Å². The van der Waals surface area contributed by atoms with Crippen LogP contribution in [-0.2, 0) is 6.42 Å². The van der Waals surface area contributed by atoms with E-state index in [1.807, 2.05) is 0 Å². The van der Waals surface area contributed by atoms with E-state index in [1.165, 1.54) is 12.1 Å².